The molecule has 0 spiro atoms. The predicted molar refractivity (Wildman–Crippen MR) is 82.0 cm³/mol. The first-order valence-corrected chi connectivity index (χ1v) is 6.93. The van der Waals surface area contributed by atoms with Crippen LogP contribution < -0.4 is 10.5 Å². The number of ether oxygens (including phenoxy) is 1. The number of hydrogen-bond donors (Lipinski definition) is 1. The summed E-state index contributed by atoms with van der Waals surface area (Å²) >= 11 is 11.7. The largest absolute Gasteiger partial charge is 0.456 e. The summed E-state index contributed by atoms with van der Waals surface area (Å²) in [5, 5.41) is 0. The van der Waals surface area contributed by atoms with E-state index < -0.39 is 0 Å². The standard InChI is InChI=1S/C12H8Br2N2OS/c13-7-3-9(6-16-5-7)17-8-1-2-10(12(15)18)11(14)4-8/h1-6H,(H2,15,18). The van der Waals surface area contributed by atoms with Gasteiger partial charge < -0.3 is 10.5 Å². The minimum atomic E-state index is 0.345. The van der Waals surface area contributed by atoms with E-state index >= 15 is 0 Å². The highest BCUT2D eigenvalue weighted by Gasteiger charge is 2.05. The monoisotopic (exact) mass is 386 g/mol. The molecule has 0 aliphatic carbocycles. The number of rotatable bonds is 3. The van der Waals surface area contributed by atoms with Crippen LogP contribution in [0.4, 0.5) is 0 Å². The SMILES string of the molecule is NC(=S)c1ccc(Oc2cncc(Br)c2)cc1Br. The molecule has 0 unspecified atom stereocenters. The van der Waals surface area contributed by atoms with Crippen LogP contribution >= 0.6 is 44.1 Å². The Morgan fingerprint density at radius 1 is 1.17 bits per heavy atom. The van der Waals surface area contributed by atoms with Crippen LogP contribution in [0.2, 0.25) is 0 Å². The van der Waals surface area contributed by atoms with Crippen molar-refractivity contribution in [3.05, 3.63) is 51.2 Å². The van der Waals surface area contributed by atoms with E-state index in [1.807, 2.05) is 18.2 Å². The van der Waals surface area contributed by atoms with Crippen molar-refractivity contribution in [3.63, 3.8) is 0 Å². The van der Waals surface area contributed by atoms with Gasteiger partial charge >= 0.3 is 0 Å². The van der Waals surface area contributed by atoms with E-state index in [2.05, 4.69) is 36.8 Å². The van der Waals surface area contributed by atoms with Gasteiger partial charge in [-0.1, -0.05) is 12.2 Å². The number of benzene rings is 1. The van der Waals surface area contributed by atoms with Gasteiger partial charge in [-0.3, -0.25) is 4.98 Å². The average molecular weight is 388 g/mol. The minimum Gasteiger partial charge on any atom is -0.456 e. The molecule has 18 heavy (non-hydrogen) atoms. The Balaban J connectivity index is 2.25. The molecule has 0 radical (unpaired) electrons. The Morgan fingerprint density at radius 3 is 2.56 bits per heavy atom. The molecule has 2 N–H and O–H groups in total. The molecule has 2 rings (SSSR count). The number of nitrogens with zero attached hydrogens (tertiary/aromatic N) is 1. The van der Waals surface area contributed by atoms with Gasteiger partial charge in [0.15, 0.2) is 0 Å². The van der Waals surface area contributed by atoms with Gasteiger partial charge in [-0.05, 0) is 56.1 Å². The zero-order valence-corrected chi connectivity index (χ0v) is 13.0. The first-order chi connectivity index (χ1) is 8.56. The third-order valence-electron chi connectivity index (χ3n) is 2.12. The fraction of sp³-hybridized carbons (Fsp3) is 0. The predicted octanol–water partition coefficient (Wildman–Crippen LogP) is 4.03. The smallest absolute Gasteiger partial charge is 0.146 e. The van der Waals surface area contributed by atoms with E-state index in [4.69, 9.17) is 22.7 Å². The van der Waals surface area contributed by atoms with Crippen molar-refractivity contribution in [1.29, 1.82) is 0 Å². The molecule has 0 saturated carbocycles. The maximum atomic E-state index is 5.67. The normalized spacial score (nSPS) is 10.1. The molecule has 0 aliphatic heterocycles. The zero-order chi connectivity index (χ0) is 13.1. The Kier molecular flexibility index (Phi) is 4.31. The van der Waals surface area contributed by atoms with Crippen LogP contribution in [0.25, 0.3) is 0 Å². The summed E-state index contributed by atoms with van der Waals surface area (Å²) in [7, 11) is 0. The number of hydrogen-bond acceptors (Lipinski definition) is 3. The summed E-state index contributed by atoms with van der Waals surface area (Å²) in [4.78, 5) is 4.37. The van der Waals surface area contributed by atoms with E-state index in [0.717, 1.165) is 14.5 Å². The van der Waals surface area contributed by atoms with E-state index in [1.165, 1.54) is 0 Å². The third kappa shape index (κ3) is 3.28. The molecular weight excluding hydrogens is 380 g/mol. The Bertz CT molecular complexity index is 604. The molecular formula is C12H8Br2N2OS. The quantitative estimate of drug-likeness (QED) is 0.807. The minimum absolute atomic E-state index is 0.345. The van der Waals surface area contributed by atoms with Gasteiger partial charge in [0.2, 0.25) is 0 Å². The molecule has 3 nitrogen and oxygen atoms in total. The van der Waals surface area contributed by atoms with Crippen molar-refractivity contribution in [3.8, 4) is 11.5 Å². The van der Waals surface area contributed by atoms with E-state index in [-0.39, 0.29) is 0 Å². The third-order valence-corrected chi connectivity index (χ3v) is 3.43. The first kappa shape index (κ1) is 13.5. The van der Waals surface area contributed by atoms with Gasteiger partial charge in [-0.2, -0.15) is 0 Å². The van der Waals surface area contributed by atoms with Gasteiger partial charge in [0.05, 0.1) is 6.20 Å². The van der Waals surface area contributed by atoms with Crippen molar-refractivity contribution in [2.75, 3.05) is 0 Å². The molecule has 1 heterocycles. The fourth-order valence-electron chi connectivity index (χ4n) is 1.34. The summed E-state index contributed by atoms with van der Waals surface area (Å²) in [6.45, 7) is 0. The lowest BCUT2D eigenvalue weighted by molar-refractivity contribution is 0.479. The average Bonchev–Trinajstić information content (AvgIpc) is 2.28. The molecule has 1 aromatic heterocycles. The molecule has 1 aromatic carbocycles. The highest BCUT2D eigenvalue weighted by Crippen LogP contribution is 2.27. The summed E-state index contributed by atoms with van der Waals surface area (Å²) in [6.07, 6.45) is 3.33. The van der Waals surface area contributed by atoms with Gasteiger partial charge in [0.25, 0.3) is 0 Å². The van der Waals surface area contributed by atoms with Crippen LogP contribution in [0.3, 0.4) is 0 Å². The van der Waals surface area contributed by atoms with Crippen LogP contribution in [0.5, 0.6) is 11.5 Å². The molecule has 2 aromatic rings. The number of nitrogens with two attached hydrogens (primary N) is 1. The number of halogens is 2. The summed E-state index contributed by atoms with van der Waals surface area (Å²) < 4.78 is 7.33. The van der Waals surface area contributed by atoms with E-state index in [0.29, 0.717) is 16.5 Å². The lowest BCUT2D eigenvalue weighted by Crippen LogP contribution is -2.09. The molecule has 0 saturated heterocycles. The van der Waals surface area contributed by atoms with Crippen molar-refractivity contribution in [1.82, 2.24) is 4.98 Å². The Hall–Kier alpha value is -0.980. The molecule has 0 aliphatic rings. The summed E-state index contributed by atoms with van der Waals surface area (Å²) in [6, 6.07) is 7.27. The molecule has 0 bridgehead atoms. The van der Waals surface area contributed by atoms with Crippen LogP contribution in [0.15, 0.2) is 45.6 Å². The molecule has 0 fully saturated rings. The second-order valence-electron chi connectivity index (χ2n) is 3.45. The molecule has 0 atom stereocenters. The molecule has 6 heteroatoms. The lowest BCUT2D eigenvalue weighted by Gasteiger charge is -2.08. The highest BCUT2D eigenvalue weighted by atomic mass is 79.9. The second-order valence-corrected chi connectivity index (χ2v) is 5.66. The van der Waals surface area contributed by atoms with Crippen molar-refractivity contribution in [2.24, 2.45) is 5.73 Å². The first-order valence-electron chi connectivity index (χ1n) is 4.94. The highest BCUT2D eigenvalue weighted by molar-refractivity contribution is 9.10. The van der Waals surface area contributed by atoms with Crippen LogP contribution in [-0.2, 0) is 0 Å². The number of pyridine rings is 1. The summed E-state index contributed by atoms with van der Waals surface area (Å²) in [5.41, 5.74) is 6.36. The Morgan fingerprint density at radius 2 is 1.94 bits per heavy atom. The van der Waals surface area contributed by atoms with Gasteiger partial charge in [-0.25, -0.2) is 0 Å². The van der Waals surface area contributed by atoms with E-state index in [1.54, 1.807) is 18.5 Å². The number of thiocarbonyl (C=S) groups is 1. The van der Waals surface area contributed by atoms with Crippen LogP contribution in [-0.4, -0.2) is 9.97 Å². The van der Waals surface area contributed by atoms with Gasteiger partial charge in [0.1, 0.15) is 16.5 Å². The fourth-order valence-corrected chi connectivity index (χ4v) is 2.57. The van der Waals surface area contributed by atoms with E-state index in [9.17, 15) is 0 Å². The maximum Gasteiger partial charge on any atom is 0.146 e. The molecule has 92 valence electrons. The van der Waals surface area contributed by atoms with Gasteiger partial charge in [-0.15, -0.1) is 0 Å². The Labute approximate surface area is 127 Å². The van der Waals surface area contributed by atoms with Gasteiger partial charge in [0, 0.05) is 20.7 Å². The second kappa shape index (κ2) is 5.77. The maximum absolute atomic E-state index is 5.67. The lowest BCUT2D eigenvalue weighted by atomic mass is 10.2. The molecule has 0 amide bonds. The van der Waals surface area contributed by atoms with Crippen LogP contribution in [0, 0.1) is 0 Å². The number of aromatic nitrogens is 1. The van der Waals surface area contributed by atoms with Crippen molar-refractivity contribution < 1.29 is 4.74 Å². The van der Waals surface area contributed by atoms with Crippen molar-refractivity contribution >= 4 is 49.1 Å². The van der Waals surface area contributed by atoms with Crippen molar-refractivity contribution in [2.45, 2.75) is 0 Å². The zero-order valence-electron chi connectivity index (χ0n) is 9.06. The summed E-state index contributed by atoms with van der Waals surface area (Å²) in [5.74, 6) is 1.33. The van der Waals surface area contributed by atoms with Crippen LogP contribution in [0.1, 0.15) is 5.56 Å². The topological polar surface area (TPSA) is 48.1 Å².